The largest absolute Gasteiger partial charge is 0.492 e. The van der Waals surface area contributed by atoms with Crippen molar-refractivity contribution >= 4 is 5.91 Å². The van der Waals surface area contributed by atoms with Gasteiger partial charge in [0.15, 0.2) is 0 Å². The molecule has 1 N–H and O–H groups in total. The van der Waals surface area contributed by atoms with Crippen LogP contribution in [0.5, 0.6) is 5.75 Å². The van der Waals surface area contributed by atoms with Crippen LogP contribution in [0.4, 0.5) is 0 Å². The number of nitrogens with one attached hydrogen (secondary N) is 1. The molecule has 5 heteroatoms. The van der Waals surface area contributed by atoms with Gasteiger partial charge in [-0.25, -0.2) is 4.98 Å². The summed E-state index contributed by atoms with van der Waals surface area (Å²) in [5, 5.41) is 3.18. The van der Waals surface area contributed by atoms with E-state index in [9.17, 15) is 4.79 Å². The molecule has 0 aliphatic carbocycles. The maximum Gasteiger partial charge on any atom is 0.231 e. The standard InChI is InChI=1S/C17H19N3O2/c1-11-8-20-9-12(6-7-16(20)18-11)19-17(21)14-10-22-15-5-3-2-4-13(14)15/h2-5,8,12,14H,6-7,9-10H2,1H3,(H,19,21). The van der Waals surface area contributed by atoms with Gasteiger partial charge in [-0.05, 0) is 19.4 Å². The fraction of sp³-hybridized carbons (Fsp3) is 0.412. The Morgan fingerprint density at radius 1 is 1.41 bits per heavy atom. The third-order valence-corrected chi connectivity index (χ3v) is 4.48. The molecule has 2 atom stereocenters. The summed E-state index contributed by atoms with van der Waals surface area (Å²) in [4.78, 5) is 17.1. The summed E-state index contributed by atoms with van der Waals surface area (Å²) < 4.78 is 7.76. The molecule has 2 unspecified atom stereocenters. The van der Waals surface area contributed by atoms with E-state index in [4.69, 9.17) is 4.74 Å². The summed E-state index contributed by atoms with van der Waals surface area (Å²) >= 11 is 0. The summed E-state index contributed by atoms with van der Waals surface area (Å²) in [7, 11) is 0. The van der Waals surface area contributed by atoms with Crippen LogP contribution in [-0.2, 0) is 17.8 Å². The lowest BCUT2D eigenvalue weighted by Crippen LogP contribution is -2.43. The van der Waals surface area contributed by atoms with Crippen molar-refractivity contribution in [2.75, 3.05) is 6.61 Å². The Hall–Kier alpha value is -2.30. The number of carbonyl (C=O) groups is 1. The van der Waals surface area contributed by atoms with E-state index >= 15 is 0 Å². The van der Waals surface area contributed by atoms with Gasteiger partial charge >= 0.3 is 0 Å². The van der Waals surface area contributed by atoms with E-state index in [1.54, 1.807) is 0 Å². The second kappa shape index (κ2) is 5.16. The van der Waals surface area contributed by atoms with Crippen molar-refractivity contribution in [1.82, 2.24) is 14.9 Å². The van der Waals surface area contributed by atoms with Crippen LogP contribution >= 0.6 is 0 Å². The third kappa shape index (κ3) is 2.26. The topological polar surface area (TPSA) is 56.2 Å². The average Bonchev–Trinajstić information content (AvgIpc) is 3.09. The van der Waals surface area contributed by atoms with Crippen molar-refractivity contribution < 1.29 is 9.53 Å². The predicted octanol–water partition coefficient (Wildman–Crippen LogP) is 1.80. The highest BCUT2D eigenvalue weighted by molar-refractivity contribution is 5.85. The molecular weight excluding hydrogens is 278 g/mol. The van der Waals surface area contributed by atoms with E-state index in [-0.39, 0.29) is 17.9 Å². The second-order valence-electron chi connectivity index (χ2n) is 6.10. The first-order valence-corrected chi connectivity index (χ1v) is 7.75. The maximum absolute atomic E-state index is 12.6. The molecule has 0 saturated heterocycles. The number of imidazole rings is 1. The lowest BCUT2D eigenvalue weighted by molar-refractivity contribution is -0.123. The van der Waals surface area contributed by atoms with E-state index in [0.717, 1.165) is 42.2 Å². The van der Waals surface area contributed by atoms with Crippen molar-refractivity contribution in [2.45, 2.75) is 38.3 Å². The molecule has 2 aliphatic rings. The highest BCUT2D eigenvalue weighted by Crippen LogP contribution is 2.33. The number of aryl methyl sites for hydroxylation is 2. The van der Waals surface area contributed by atoms with Crippen LogP contribution in [0.1, 0.15) is 29.4 Å². The smallest absolute Gasteiger partial charge is 0.231 e. The monoisotopic (exact) mass is 297 g/mol. The Kier molecular flexibility index (Phi) is 3.13. The molecule has 2 aromatic rings. The fourth-order valence-electron chi connectivity index (χ4n) is 3.39. The molecule has 0 bridgehead atoms. The van der Waals surface area contributed by atoms with Crippen molar-refractivity contribution in [1.29, 1.82) is 0 Å². The second-order valence-corrected chi connectivity index (χ2v) is 6.10. The molecular formula is C17H19N3O2. The number of ether oxygens (including phenoxy) is 1. The van der Waals surface area contributed by atoms with Crippen molar-refractivity contribution in [3.8, 4) is 5.75 Å². The lowest BCUT2D eigenvalue weighted by Gasteiger charge is -2.25. The van der Waals surface area contributed by atoms with Gasteiger partial charge in [0.1, 0.15) is 24.1 Å². The van der Waals surface area contributed by atoms with E-state index in [2.05, 4.69) is 21.1 Å². The molecule has 22 heavy (non-hydrogen) atoms. The Bertz CT molecular complexity index is 722. The Morgan fingerprint density at radius 2 is 2.27 bits per heavy atom. The van der Waals surface area contributed by atoms with Crippen LogP contribution in [0, 0.1) is 6.92 Å². The minimum Gasteiger partial charge on any atom is -0.492 e. The minimum absolute atomic E-state index is 0.0650. The fourth-order valence-corrected chi connectivity index (χ4v) is 3.39. The van der Waals surface area contributed by atoms with Gasteiger partial charge in [0.05, 0.1) is 5.69 Å². The van der Waals surface area contributed by atoms with Crippen LogP contribution in [-0.4, -0.2) is 28.1 Å². The van der Waals surface area contributed by atoms with Crippen LogP contribution in [0.25, 0.3) is 0 Å². The molecule has 1 amide bonds. The molecule has 0 saturated carbocycles. The SMILES string of the molecule is Cc1cn2c(n1)CCC(NC(=O)C1COc3ccccc31)C2. The Balaban J connectivity index is 1.45. The number of hydrogen-bond acceptors (Lipinski definition) is 3. The van der Waals surface area contributed by atoms with Gasteiger partial charge in [0, 0.05) is 30.8 Å². The lowest BCUT2D eigenvalue weighted by atomic mass is 9.99. The number of nitrogens with zero attached hydrogens (tertiary/aromatic N) is 2. The molecule has 1 aromatic heterocycles. The molecule has 2 aliphatic heterocycles. The Labute approximate surface area is 129 Å². The zero-order valence-electron chi connectivity index (χ0n) is 12.6. The highest BCUT2D eigenvalue weighted by Gasteiger charge is 2.32. The van der Waals surface area contributed by atoms with Crippen LogP contribution in [0.2, 0.25) is 0 Å². The first-order valence-electron chi connectivity index (χ1n) is 7.75. The van der Waals surface area contributed by atoms with E-state index in [0.29, 0.717) is 6.61 Å². The number of fused-ring (bicyclic) bond motifs is 2. The first-order chi connectivity index (χ1) is 10.7. The van der Waals surface area contributed by atoms with Gasteiger partial charge in [-0.15, -0.1) is 0 Å². The number of amides is 1. The number of aromatic nitrogens is 2. The van der Waals surface area contributed by atoms with Crippen LogP contribution < -0.4 is 10.1 Å². The normalized spacial score (nSPS) is 22.6. The van der Waals surface area contributed by atoms with Crippen LogP contribution in [0.15, 0.2) is 30.5 Å². The van der Waals surface area contributed by atoms with E-state index in [1.807, 2.05) is 31.2 Å². The van der Waals surface area contributed by atoms with Crippen molar-refractivity contribution in [2.24, 2.45) is 0 Å². The first kappa shape index (κ1) is 13.4. The zero-order chi connectivity index (χ0) is 15.1. The zero-order valence-corrected chi connectivity index (χ0v) is 12.6. The van der Waals surface area contributed by atoms with Gasteiger partial charge in [-0.2, -0.15) is 0 Å². The molecule has 3 heterocycles. The molecule has 0 fully saturated rings. The highest BCUT2D eigenvalue weighted by atomic mass is 16.5. The molecule has 4 rings (SSSR count). The summed E-state index contributed by atoms with van der Waals surface area (Å²) in [5.74, 6) is 1.83. The number of carbonyl (C=O) groups excluding carboxylic acids is 1. The van der Waals surface area contributed by atoms with Crippen molar-refractivity contribution in [3.63, 3.8) is 0 Å². The van der Waals surface area contributed by atoms with Gasteiger partial charge in [-0.1, -0.05) is 18.2 Å². The minimum atomic E-state index is -0.192. The Morgan fingerprint density at radius 3 is 3.18 bits per heavy atom. The van der Waals surface area contributed by atoms with E-state index < -0.39 is 0 Å². The van der Waals surface area contributed by atoms with Gasteiger partial charge in [-0.3, -0.25) is 4.79 Å². The number of para-hydroxylation sites is 1. The molecule has 0 spiro atoms. The summed E-state index contributed by atoms with van der Waals surface area (Å²) in [6.07, 6.45) is 3.91. The van der Waals surface area contributed by atoms with Gasteiger partial charge < -0.3 is 14.6 Å². The maximum atomic E-state index is 12.6. The number of rotatable bonds is 2. The van der Waals surface area contributed by atoms with Crippen molar-refractivity contribution in [3.05, 3.63) is 47.5 Å². The summed E-state index contributed by atoms with van der Waals surface area (Å²) in [6.45, 7) is 3.25. The van der Waals surface area contributed by atoms with Crippen LogP contribution in [0.3, 0.4) is 0 Å². The van der Waals surface area contributed by atoms with Gasteiger partial charge in [0.25, 0.3) is 0 Å². The molecule has 1 aromatic carbocycles. The molecule has 5 nitrogen and oxygen atoms in total. The predicted molar refractivity (Wildman–Crippen MR) is 81.9 cm³/mol. The quantitative estimate of drug-likeness (QED) is 0.919. The number of benzene rings is 1. The summed E-state index contributed by atoms with van der Waals surface area (Å²) in [5.41, 5.74) is 2.04. The summed E-state index contributed by atoms with van der Waals surface area (Å²) in [6, 6.07) is 7.95. The van der Waals surface area contributed by atoms with Gasteiger partial charge in [0.2, 0.25) is 5.91 Å². The van der Waals surface area contributed by atoms with E-state index in [1.165, 1.54) is 0 Å². The average molecular weight is 297 g/mol. The third-order valence-electron chi connectivity index (χ3n) is 4.48. The number of hydrogen-bond donors (Lipinski definition) is 1. The molecule has 114 valence electrons. The molecule has 0 radical (unpaired) electrons.